The Bertz CT molecular complexity index is 372. The molecule has 0 radical (unpaired) electrons. The van der Waals surface area contributed by atoms with E-state index in [9.17, 15) is 9.18 Å². The summed E-state index contributed by atoms with van der Waals surface area (Å²) in [7, 11) is 0. The number of hydrogen-bond donors (Lipinski definition) is 2. The molecular weight excluding hydrogens is 284 g/mol. The number of aromatic nitrogens is 1. The largest absolute Gasteiger partial charge is 0.366 e. The monoisotopic (exact) mass is 297 g/mol. The molecule has 1 fully saturated rings. The number of carbonyl (C=O) groups is 1. The molecule has 1 aromatic heterocycles. The van der Waals surface area contributed by atoms with Crippen molar-refractivity contribution in [3.63, 3.8) is 0 Å². The highest BCUT2D eigenvalue weighted by atomic mass is 35.5. The molecule has 1 saturated heterocycles. The van der Waals surface area contributed by atoms with Crippen molar-refractivity contribution in [3.05, 3.63) is 24.1 Å². The minimum absolute atomic E-state index is 0. The first kappa shape index (κ1) is 17.1. The lowest BCUT2D eigenvalue weighted by Gasteiger charge is -2.22. The fourth-order valence-corrected chi connectivity index (χ4v) is 1.39. The van der Waals surface area contributed by atoms with Crippen molar-refractivity contribution in [1.82, 2.24) is 10.3 Å². The lowest BCUT2D eigenvalue weighted by molar-refractivity contribution is -0.128. The quantitative estimate of drug-likeness (QED) is 0.855. The van der Waals surface area contributed by atoms with E-state index in [1.807, 2.05) is 0 Å². The van der Waals surface area contributed by atoms with Gasteiger partial charge >= 0.3 is 0 Å². The van der Waals surface area contributed by atoms with E-state index in [-0.39, 0.29) is 30.7 Å². The summed E-state index contributed by atoms with van der Waals surface area (Å²) in [6.07, 6.45) is 0.538. The molecule has 0 aromatic carbocycles. The minimum Gasteiger partial charge on any atom is -0.366 e. The van der Waals surface area contributed by atoms with E-state index in [1.165, 1.54) is 12.1 Å². The first-order valence-corrected chi connectivity index (χ1v) is 5.00. The number of nitrogens with one attached hydrogen (secondary N) is 2. The van der Waals surface area contributed by atoms with Crippen LogP contribution in [0.15, 0.2) is 18.3 Å². The molecule has 1 unspecified atom stereocenters. The molecule has 5 nitrogen and oxygen atoms in total. The van der Waals surface area contributed by atoms with Crippen LogP contribution >= 0.6 is 24.8 Å². The maximum Gasteiger partial charge on any atom is 0.255 e. The normalized spacial score (nSPS) is 18.2. The second-order valence-electron chi connectivity index (χ2n) is 3.41. The molecule has 0 aliphatic carbocycles. The van der Waals surface area contributed by atoms with Crippen LogP contribution in [0.5, 0.6) is 0 Å². The van der Waals surface area contributed by atoms with E-state index >= 15 is 0 Å². The van der Waals surface area contributed by atoms with Crippen LogP contribution in [0.25, 0.3) is 0 Å². The van der Waals surface area contributed by atoms with Gasteiger partial charge in [0.15, 0.2) is 0 Å². The molecule has 8 heteroatoms. The Morgan fingerprint density at radius 3 is 2.83 bits per heavy atom. The third kappa shape index (κ3) is 4.73. The van der Waals surface area contributed by atoms with Crippen LogP contribution in [0.1, 0.15) is 0 Å². The van der Waals surface area contributed by atoms with Crippen LogP contribution in [-0.4, -0.2) is 36.7 Å². The van der Waals surface area contributed by atoms with Crippen LogP contribution < -0.4 is 10.6 Å². The Morgan fingerprint density at radius 2 is 2.28 bits per heavy atom. The first-order valence-electron chi connectivity index (χ1n) is 5.00. The van der Waals surface area contributed by atoms with E-state index < -0.39 is 11.9 Å². The molecule has 18 heavy (non-hydrogen) atoms. The minimum atomic E-state index is -0.513. The number of ether oxygens (including phenoxy) is 1. The van der Waals surface area contributed by atoms with Gasteiger partial charge in [-0.3, -0.25) is 4.79 Å². The van der Waals surface area contributed by atoms with Gasteiger partial charge in [-0.1, -0.05) is 0 Å². The van der Waals surface area contributed by atoms with Crippen molar-refractivity contribution >= 4 is 36.5 Å². The van der Waals surface area contributed by atoms with Gasteiger partial charge in [-0.2, -0.15) is 0 Å². The van der Waals surface area contributed by atoms with E-state index in [0.717, 1.165) is 12.7 Å². The summed E-state index contributed by atoms with van der Waals surface area (Å²) in [5, 5.41) is 5.60. The summed E-state index contributed by atoms with van der Waals surface area (Å²) in [6.45, 7) is 1.74. The molecule has 1 amide bonds. The number of hydrogen-bond acceptors (Lipinski definition) is 4. The fraction of sp³-hybridized carbons (Fsp3) is 0.400. The van der Waals surface area contributed by atoms with Crippen LogP contribution in [0.3, 0.4) is 0 Å². The first-order chi connectivity index (χ1) is 7.75. The van der Waals surface area contributed by atoms with Gasteiger partial charge in [-0.05, 0) is 12.1 Å². The fourth-order valence-electron chi connectivity index (χ4n) is 1.39. The topological polar surface area (TPSA) is 63.2 Å². The summed E-state index contributed by atoms with van der Waals surface area (Å²) >= 11 is 0. The maximum absolute atomic E-state index is 12.6. The number of nitrogens with zero attached hydrogens (tertiary/aromatic N) is 1. The number of amides is 1. The van der Waals surface area contributed by atoms with E-state index in [1.54, 1.807) is 0 Å². The molecule has 2 heterocycles. The molecule has 0 saturated carbocycles. The summed E-state index contributed by atoms with van der Waals surface area (Å²) in [4.78, 5) is 15.4. The molecule has 0 bridgehead atoms. The van der Waals surface area contributed by atoms with Gasteiger partial charge in [0.1, 0.15) is 17.7 Å². The molecular formula is C10H14Cl2FN3O2. The highest BCUT2D eigenvalue weighted by molar-refractivity contribution is 5.93. The Balaban J connectivity index is 0.00000144. The van der Waals surface area contributed by atoms with Crippen molar-refractivity contribution in [2.75, 3.05) is 25.0 Å². The zero-order chi connectivity index (χ0) is 11.4. The molecule has 1 aliphatic heterocycles. The molecule has 1 atom stereocenters. The van der Waals surface area contributed by atoms with Crippen molar-refractivity contribution in [2.45, 2.75) is 6.10 Å². The zero-order valence-corrected chi connectivity index (χ0v) is 11.0. The van der Waals surface area contributed by atoms with Gasteiger partial charge in [0.05, 0.1) is 12.8 Å². The summed E-state index contributed by atoms with van der Waals surface area (Å²) in [5.41, 5.74) is 0. The second-order valence-corrected chi connectivity index (χ2v) is 3.41. The second kappa shape index (κ2) is 8.20. The molecule has 1 aliphatic rings. The predicted octanol–water partition coefficient (Wildman–Crippen LogP) is 0.991. The van der Waals surface area contributed by atoms with Crippen LogP contribution in [0.4, 0.5) is 10.2 Å². The standard InChI is InChI=1S/C10H12FN3O2.2ClH/c11-7-1-2-9(13-5-7)14-10(15)8-6-12-3-4-16-8;;/h1-2,5,8,12H,3-4,6H2,(H,13,14,15);2*1H. The van der Waals surface area contributed by atoms with Gasteiger partial charge in [0.25, 0.3) is 5.91 Å². The summed E-state index contributed by atoms with van der Waals surface area (Å²) in [5.74, 6) is -0.388. The number of anilines is 1. The van der Waals surface area contributed by atoms with Gasteiger partial charge in [0.2, 0.25) is 0 Å². The van der Waals surface area contributed by atoms with E-state index in [4.69, 9.17) is 4.74 Å². The molecule has 102 valence electrons. The Labute approximate surface area is 116 Å². The van der Waals surface area contributed by atoms with Gasteiger partial charge < -0.3 is 15.4 Å². The van der Waals surface area contributed by atoms with Gasteiger partial charge in [-0.25, -0.2) is 9.37 Å². The number of halogens is 3. The molecule has 2 N–H and O–H groups in total. The summed E-state index contributed by atoms with van der Waals surface area (Å²) < 4.78 is 17.8. The highest BCUT2D eigenvalue weighted by Gasteiger charge is 2.21. The summed E-state index contributed by atoms with van der Waals surface area (Å²) in [6, 6.07) is 2.64. The number of pyridine rings is 1. The Kier molecular flexibility index (Phi) is 7.77. The van der Waals surface area contributed by atoms with Crippen molar-refractivity contribution in [2.24, 2.45) is 0 Å². The highest BCUT2D eigenvalue weighted by Crippen LogP contribution is 2.05. The zero-order valence-electron chi connectivity index (χ0n) is 9.39. The van der Waals surface area contributed by atoms with Gasteiger partial charge in [0, 0.05) is 13.1 Å². The SMILES string of the molecule is Cl.Cl.O=C(Nc1ccc(F)cn1)C1CNCCO1. The van der Waals surface area contributed by atoms with E-state index in [2.05, 4.69) is 15.6 Å². The third-order valence-electron chi connectivity index (χ3n) is 2.20. The number of carbonyl (C=O) groups excluding carboxylic acids is 1. The maximum atomic E-state index is 12.6. The van der Waals surface area contributed by atoms with Crippen LogP contribution in [-0.2, 0) is 9.53 Å². The van der Waals surface area contributed by atoms with E-state index in [0.29, 0.717) is 19.0 Å². The lowest BCUT2D eigenvalue weighted by Crippen LogP contribution is -2.45. The van der Waals surface area contributed by atoms with Crippen molar-refractivity contribution < 1.29 is 13.9 Å². The average molecular weight is 298 g/mol. The average Bonchev–Trinajstić information content (AvgIpc) is 2.33. The van der Waals surface area contributed by atoms with Crippen LogP contribution in [0, 0.1) is 5.82 Å². The van der Waals surface area contributed by atoms with Crippen LogP contribution in [0.2, 0.25) is 0 Å². The smallest absolute Gasteiger partial charge is 0.255 e. The lowest BCUT2D eigenvalue weighted by atomic mass is 10.3. The van der Waals surface area contributed by atoms with Crippen molar-refractivity contribution in [3.8, 4) is 0 Å². The molecule has 2 rings (SSSR count). The number of rotatable bonds is 2. The Hall–Kier alpha value is -0.950. The molecule has 1 aromatic rings. The van der Waals surface area contributed by atoms with Crippen molar-refractivity contribution in [1.29, 1.82) is 0 Å². The Morgan fingerprint density at radius 1 is 1.50 bits per heavy atom. The predicted molar refractivity (Wildman–Crippen MR) is 69.9 cm³/mol. The number of morpholine rings is 1. The molecule has 0 spiro atoms. The van der Waals surface area contributed by atoms with Gasteiger partial charge in [-0.15, -0.1) is 24.8 Å². The third-order valence-corrected chi connectivity index (χ3v) is 2.20.